The van der Waals surface area contributed by atoms with E-state index in [4.69, 9.17) is 33.7 Å². The lowest BCUT2D eigenvalue weighted by Crippen LogP contribution is -2.13. The van der Waals surface area contributed by atoms with Crippen LogP contribution in [0.25, 0.3) is 0 Å². The van der Waals surface area contributed by atoms with Gasteiger partial charge in [-0.15, -0.1) is 0 Å². The van der Waals surface area contributed by atoms with Gasteiger partial charge in [0.25, 0.3) is 5.91 Å². The molecule has 7 heteroatoms. The topological polar surface area (TPSA) is 65.2 Å². The van der Waals surface area contributed by atoms with E-state index in [1.807, 2.05) is 0 Å². The second-order valence-electron chi connectivity index (χ2n) is 3.55. The molecule has 19 heavy (non-hydrogen) atoms. The highest BCUT2D eigenvalue weighted by Gasteiger charge is 2.14. The minimum absolute atomic E-state index is 0.0205. The fourth-order valence-electron chi connectivity index (χ4n) is 1.34. The van der Waals surface area contributed by atoms with Crippen molar-refractivity contribution in [1.29, 1.82) is 0 Å². The average Bonchev–Trinajstić information content (AvgIpc) is 2.35. The summed E-state index contributed by atoms with van der Waals surface area (Å²) >= 11 is 11.6. The Kier molecular flexibility index (Phi) is 3.87. The third-order valence-electron chi connectivity index (χ3n) is 2.18. The Morgan fingerprint density at radius 2 is 2.05 bits per heavy atom. The van der Waals surface area contributed by atoms with Gasteiger partial charge in [0.15, 0.2) is 5.75 Å². The number of hydrogen-bond donors (Lipinski definition) is 1. The Morgan fingerprint density at radius 1 is 1.32 bits per heavy atom. The van der Waals surface area contributed by atoms with E-state index in [9.17, 15) is 9.18 Å². The summed E-state index contributed by atoms with van der Waals surface area (Å²) < 4.78 is 18.4. The maximum atomic E-state index is 13.1. The summed E-state index contributed by atoms with van der Waals surface area (Å²) in [4.78, 5) is 15.1. The van der Waals surface area contributed by atoms with Gasteiger partial charge in [-0.25, -0.2) is 9.37 Å². The first-order chi connectivity index (χ1) is 8.97. The van der Waals surface area contributed by atoms with E-state index in [0.717, 1.165) is 6.07 Å². The van der Waals surface area contributed by atoms with Crippen LogP contribution in [0.15, 0.2) is 30.5 Å². The lowest BCUT2D eigenvalue weighted by molar-refractivity contribution is 0.0997. The number of hydrogen-bond acceptors (Lipinski definition) is 3. The minimum atomic E-state index is -0.766. The zero-order chi connectivity index (χ0) is 14.0. The molecule has 0 atom stereocenters. The van der Waals surface area contributed by atoms with Crippen molar-refractivity contribution in [3.63, 3.8) is 0 Å². The number of nitrogens with zero attached hydrogens (tertiary/aromatic N) is 1. The Balaban J connectivity index is 2.43. The molecule has 4 nitrogen and oxygen atoms in total. The summed E-state index contributed by atoms with van der Waals surface area (Å²) in [5.41, 5.74) is 5.16. The van der Waals surface area contributed by atoms with Gasteiger partial charge < -0.3 is 10.5 Å². The third kappa shape index (κ3) is 3.13. The van der Waals surface area contributed by atoms with Crippen LogP contribution < -0.4 is 10.5 Å². The van der Waals surface area contributed by atoms with Crippen LogP contribution in [0.4, 0.5) is 4.39 Å². The zero-order valence-corrected chi connectivity index (χ0v) is 10.9. The number of amides is 1. The number of aromatic nitrogens is 1. The molecule has 1 heterocycles. The lowest BCUT2D eigenvalue weighted by atomic mass is 10.2. The van der Waals surface area contributed by atoms with Gasteiger partial charge >= 0.3 is 0 Å². The molecule has 98 valence electrons. The van der Waals surface area contributed by atoms with Gasteiger partial charge in [-0.3, -0.25) is 4.79 Å². The van der Waals surface area contributed by atoms with Crippen molar-refractivity contribution >= 4 is 29.1 Å². The highest BCUT2D eigenvalue weighted by atomic mass is 35.5. The number of pyridine rings is 1. The molecule has 2 aromatic rings. The Bertz CT molecular complexity index is 650. The number of ether oxygens (including phenoxy) is 1. The standard InChI is InChI=1S/C12H7Cl2FN2O2/c13-6-3-8(11(16)18)12(17-5-6)19-10-4-7(15)1-2-9(10)14/h1-5H,(H2,16,18). The molecule has 1 aromatic carbocycles. The summed E-state index contributed by atoms with van der Waals surface area (Å²) in [7, 11) is 0. The molecule has 1 amide bonds. The summed E-state index contributed by atoms with van der Waals surface area (Å²) in [6.07, 6.45) is 1.27. The number of benzene rings is 1. The first kappa shape index (κ1) is 13.6. The summed E-state index contributed by atoms with van der Waals surface area (Å²) in [5.74, 6) is -1.37. The Hall–Kier alpha value is -1.85. The maximum Gasteiger partial charge on any atom is 0.254 e. The number of rotatable bonds is 3. The van der Waals surface area contributed by atoms with Crippen LogP contribution in [-0.2, 0) is 0 Å². The van der Waals surface area contributed by atoms with E-state index in [-0.39, 0.29) is 27.2 Å². The highest BCUT2D eigenvalue weighted by Crippen LogP contribution is 2.31. The van der Waals surface area contributed by atoms with Gasteiger partial charge in [-0.2, -0.15) is 0 Å². The summed E-state index contributed by atoms with van der Waals surface area (Å²) in [6.45, 7) is 0. The predicted octanol–water partition coefficient (Wildman–Crippen LogP) is 3.42. The smallest absolute Gasteiger partial charge is 0.254 e. The monoisotopic (exact) mass is 300 g/mol. The van der Waals surface area contributed by atoms with Gasteiger partial charge in [0, 0.05) is 12.3 Å². The molecule has 0 aliphatic rings. The lowest BCUT2D eigenvalue weighted by Gasteiger charge is -2.09. The highest BCUT2D eigenvalue weighted by molar-refractivity contribution is 6.32. The van der Waals surface area contributed by atoms with E-state index in [0.29, 0.717) is 0 Å². The molecule has 2 N–H and O–H groups in total. The van der Waals surface area contributed by atoms with Crippen molar-refractivity contribution in [2.45, 2.75) is 0 Å². The van der Waals surface area contributed by atoms with Gasteiger partial charge in [0.2, 0.25) is 5.88 Å². The quantitative estimate of drug-likeness (QED) is 0.944. The average molecular weight is 301 g/mol. The number of nitrogens with two attached hydrogens (primary N) is 1. The second kappa shape index (κ2) is 5.42. The van der Waals surface area contributed by atoms with E-state index >= 15 is 0 Å². The maximum absolute atomic E-state index is 13.1. The van der Waals surface area contributed by atoms with Crippen LogP contribution in [0.5, 0.6) is 11.6 Å². The molecule has 0 saturated heterocycles. The third-order valence-corrected chi connectivity index (χ3v) is 2.70. The normalized spacial score (nSPS) is 10.3. The molecule has 0 fully saturated rings. The molecule has 2 rings (SSSR count). The van der Waals surface area contributed by atoms with Gasteiger partial charge in [-0.1, -0.05) is 23.2 Å². The van der Waals surface area contributed by atoms with Crippen molar-refractivity contribution in [2.24, 2.45) is 5.73 Å². The number of carbonyl (C=O) groups is 1. The van der Waals surface area contributed by atoms with Crippen molar-refractivity contribution in [3.8, 4) is 11.6 Å². The Labute approximate surface area is 117 Å². The number of carbonyl (C=O) groups excluding carboxylic acids is 1. The fraction of sp³-hybridized carbons (Fsp3) is 0. The van der Waals surface area contributed by atoms with E-state index in [1.54, 1.807) is 0 Å². The van der Waals surface area contributed by atoms with Crippen molar-refractivity contribution in [3.05, 3.63) is 51.9 Å². The molecule has 0 aliphatic heterocycles. The van der Waals surface area contributed by atoms with E-state index in [1.165, 1.54) is 24.4 Å². The van der Waals surface area contributed by atoms with Crippen LogP contribution in [0.2, 0.25) is 10.0 Å². The molecule has 0 saturated carbocycles. The van der Waals surface area contributed by atoms with Crippen LogP contribution in [0.3, 0.4) is 0 Å². The van der Waals surface area contributed by atoms with Gasteiger partial charge in [-0.05, 0) is 18.2 Å². The molecular weight excluding hydrogens is 294 g/mol. The minimum Gasteiger partial charge on any atom is -0.436 e. The second-order valence-corrected chi connectivity index (χ2v) is 4.39. The van der Waals surface area contributed by atoms with Crippen molar-refractivity contribution in [2.75, 3.05) is 0 Å². The number of primary amides is 1. The predicted molar refractivity (Wildman–Crippen MR) is 69.2 cm³/mol. The summed E-state index contributed by atoms with van der Waals surface area (Å²) in [5, 5.41) is 0.403. The largest absolute Gasteiger partial charge is 0.436 e. The molecule has 0 spiro atoms. The molecule has 0 radical (unpaired) electrons. The molecule has 0 aliphatic carbocycles. The van der Waals surface area contributed by atoms with Crippen LogP contribution in [0, 0.1) is 5.82 Å². The van der Waals surface area contributed by atoms with E-state index in [2.05, 4.69) is 4.98 Å². The van der Waals surface area contributed by atoms with Gasteiger partial charge in [0.05, 0.1) is 10.0 Å². The van der Waals surface area contributed by atoms with Crippen LogP contribution in [0.1, 0.15) is 10.4 Å². The molecular formula is C12H7Cl2FN2O2. The molecule has 1 aromatic heterocycles. The zero-order valence-electron chi connectivity index (χ0n) is 9.36. The summed E-state index contributed by atoms with van der Waals surface area (Å²) in [6, 6.07) is 4.88. The SMILES string of the molecule is NC(=O)c1cc(Cl)cnc1Oc1cc(F)ccc1Cl. The van der Waals surface area contributed by atoms with Gasteiger partial charge in [0.1, 0.15) is 11.4 Å². The van der Waals surface area contributed by atoms with E-state index < -0.39 is 11.7 Å². The van der Waals surface area contributed by atoms with Crippen LogP contribution in [-0.4, -0.2) is 10.9 Å². The van der Waals surface area contributed by atoms with Crippen LogP contribution >= 0.6 is 23.2 Å². The first-order valence-electron chi connectivity index (χ1n) is 5.05. The molecule has 0 bridgehead atoms. The van der Waals surface area contributed by atoms with Crippen molar-refractivity contribution < 1.29 is 13.9 Å². The number of halogens is 3. The first-order valence-corrected chi connectivity index (χ1v) is 5.81. The Morgan fingerprint density at radius 3 is 2.74 bits per heavy atom. The van der Waals surface area contributed by atoms with Crippen molar-refractivity contribution in [1.82, 2.24) is 4.98 Å². The fourth-order valence-corrected chi connectivity index (χ4v) is 1.66. The molecule has 0 unspecified atom stereocenters.